The smallest absolute Gasteiger partial charge is 0.121 e. The number of anilines is 1. The first-order valence-corrected chi connectivity index (χ1v) is 7.01. The number of benzene rings is 1. The van der Waals surface area contributed by atoms with Gasteiger partial charge in [-0.15, -0.1) is 0 Å². The van der Waals surface area contributed by atoms with E-state index in [1.54, 1.807) is 7.11 Å². The minimum Gasteiger partial charge on any atom is -0.497 e. The topological polar surface area (TPSA) is 21.3 Å². The average molecular weight is 268 g/mol. The summed E-state index contributed by atoms with van der Waals surface area (Å²) in [4.78, 5) is 0. The molecule has 1 aliphatic carbocycles. The fourth-order valence-corrected chi connectivity index (χ4v) is 2.86. The number of rotatable bonds is 3. The Balaban J connectivity index is 2.17. The summed E-state index contributed by atoms with van der Waals surface area (Å²) in [6.07, 6.45) is 5.10. The molecule has 100 valence electrons. The van der Waals surface area contributed by atoms with E-state index in [1.165, 1.54) is 25.7 Å². The van der Waals surface area contributed by atoms with Gasteiger partial charge in [-0.25, -0.2) is 0 Å². The van der Waals surface area contributed by atoms with E-state index in [9.17, 15) is 0 Å². The second-order valence-electron chi connectivity index (χ2n) is 5.78. The molecule has 0 aliphatic heterocycles. The van der Waals surface area contributed by atoms with Gasteiger partial charge in [-0.05, 0) is 30.4 Å². The molecular weight excluding hydrogens is 246 g/mol. The fraction of sp³-hybridized carbons (Fsp3) is 0.600. The van der Waals surface area contributed by atoms with E-state index in [4.69, 9.17) is 16.3 Å². The second kappa shape index (κ2) is 5.40. The van der Waals surface area contributed by atoms with Crippen molar-refractivity contribution >= 4 is 17.3 Å². The van der Waals surface area contributed by atoms with Gasteiger partial charge in [0.15, 0.2) is 0 Å². The maximum atomic E-state index is 6.25. The molecule has 0 radical (unpaired) electrons. The van der Waals surface area contributed by atoms with Crippen LogP contribution in [0.2, 0.25) is 5.02 Å². The lowest BCUT2D eigenvalue weighted by Gasteiger charge is -2.39. The number of nitrogens with one attached hydrogen (secondary N) is 1. The molecule has 1 unspecified atom stereocenters. The van der Waals surface area contributed by atoms with Crippen LogP contribution < -0.4 is 10.1 Å². The molecular formula is C15H22ClNO. The molecule has 3 heteroatoms. The van der Waals surface area contributed by atoms with Gasteiger partial charge in [-0.2, -0.15) is 0 Å². The second-order valence-corrected chi connectivity index (χ2v) is 6.18. The molecule has 0 aromatic heterocycles. The van der Waals surface area contributed by atoms with Crippen molar-refractivity contribution in [3.05, 3.63) is 23.2 Å². The monoisotopic (exact) mass is 267 g/mol. The molecule has 18 heavy (non-hydrogen) atoms. The predicted octanol–water partition coefficient (Wildman–Crippen LogP) is 4.73. The summed E-state index contributed by atoms with van der Waals surface area (Å²) in [6.45, 7) is 4.66. The molecule has 0 amide bonds. The molecule has 1 N–H and O–H groups in total. The SMILES string of the molecule is COc1ccc(Cl)c(NC2CCCCC2(C)C)c1. The lowest BCUT2D eigenvalue weighted by molar-refractivity contribution is 0.217. The Kier molecular flexibility index (Phi) is 4.06. The van der Waals surface area contributed by atoms with Crippen molar-refractivity contribution in [1.82, 2.24) is 0 Å². The summed E-state index contributed by atoms with van der Waals surface area (Å²) in [5, 5.41) is 4.36. The van der Waals surface area contributed by atoms with Crippen LogP contribution >= 0.6 is 11.6 Å². The fourth-order valence-electron chi connectivity index (χ4n) is 2.69. The largest absolute Gasteiger partial charge is 0.497 e. The van der Waals surface area contributed by atoms with Crippen LogP contribution in [-0.4, -0.2) is 13.2 Å². The molecule has 1 atom stereocenters. The zero-order valence-electron chi connectivity index (χ0n) is 11.4. The lowest BCUT2D eigenvalue weighted by Crippen LogP contribution is -2.38. The molecule has 1 aromatic carbocycles. The van der Waals surface area contributed by atoms with E-state index in [-0.39, 0.29) is 0 Å². The van der Waals surface area contributed by atoms with Crippen molar-refractivity contribution in [2.45, 2.75) is 45.6 Å². The highest BCUT2D eigenvalue weighted by Crippen LogP contribution is 2.38. The molecule has 1 fully saturated rings. The summed E-state index contributed by atoms with van der Waals surface area (Å²) < 4.78 is 5.25. The Hall–Kier alpha value is -0.890. The Labute approximate surface area is 115 Å². The number of halogens is 1. The molecule has 0 heterocycles. The zero-order valence-corrected chi connectivity index (χ0v) is 12.2. The van der Waals surface area contributed by atoms with Crippen LogP contribution in [0.15, 0.2) is 18.2 Å². The van der Waals surface area contributed by atoms with Crippen LogP contribution in [0.1, 0.15) is 39.5 Å². The minimum atomic E-state index is 0.324. The molecule has 0 spiro atoms. The van der Waals surface area contributed by atoms with E-state index in [0.717, 1.165) is 16.5 Å². The third-order valence-electron chi connectivity index (χ3n) is 4.01. The van der Waals surface area contributed by atoms with Gasteiger partial charge in [-0.1, -0.05) is 38.3 Å². The molecule has 2 nitrogen and oxygen atoms in total. The van der Waals surface area contributed by atoms with E-state index in [0.29, 0.717) is 11.5 Å². The van der Waals surface area contributed by atoms with Crippen molar-refractivity contribution in [1.29, 1.82) is 0 Å². The van der Waals surface area contributed by atoms with Crippen molar-refractivity contribution in [2.75, 3.05) is 12.4 Å². The lowest BCUT2D eigenvalue weighted by atomic mass is 9.73. The van der Waals surface area contributed by atoms with Crippen LogP contribution in [0.3, 0.4) is 0 Å². The molecule has 2 rings (SSSR count). The number of hydrogen-bond donors (Lipinski definition) is 1. The average Bonchev–Trinajstić information content (AvgIpc) is 2.34. The highest BCUT2D eigenvalue weighted by Gasteiger charge is 2.32. The van der Waals surface area contributed by atoms with Crippen LogP contribution in [-0.2, 0) is 0 Å². The van der Waals surface area contributed by atoms with Crippen LogP contribution in [0.25, 0.3) is 0 Å². The number of methoxy groups -OCH3 is 1. The Morgan fingerprint density at radius 3 is 2.78 bits per heavy atom. The summed E-state index contributed by atoms with van der Waals surface area (Å²) in [6, 6.07) is 6.24. The highest BCUT2D eigenvalue weighted by molar-refractivity contribution is 6.33. The van der Waals surface area contributed by atoms with Gasteiger partial charge in [0, 0.05) is 12.1 Å². The van der Waals surface area contributed by atoms with E-state index in [1.807, 2.05) is 18.2 Å². The van der Waals surface area contributed by atoms with Gasteiger partial charge in [0.25, 0.3) is 0 Å². The van der Waals surface area contributed by atoms with E-state index in [2.05, 4.69) is 19.2 Å². The van der Waals surface area contributed by atoms with E-state index < -0.39 is 0 Å². The van der Waals surface area contributed by atoms with Crippen molar-refractivity contribution < 1.29 is 4.74 Å². The highest BCUT2D eigenvalue weighted by atomic mass is 35.5. The van der Waals surface area contributed by atoms with Crippen LogP contribution in [0.4, 0.5) is 5.69 Å². The molecule has 0 saturated heterocycles. The van der Waals surface area contributed by atoms with Crippen molar-refractivity contribution in [2.24, 2.45) is 5.41 Å². The third-order valence-corrected chi connectivity index (χ3v) is 4.34. The first-order chi connectivity index (χ1) is 8.53. The van der Waals surface area contributed by atoms with E-state index >= 15 is 0 Å². The Bertz CT molecular complexity index is 417. The summed E-state index contributed by atoms with van der Waals surface area (Å²) >= 11 is 6.25. The van der Waals surface area contributed by atoms with Gasteiger partial charge in [0.1, 0.15) is 5.75 Å². The summed E-state index contributed by atoms with van der Waals surface area (Å²) in [5.41, 5.74) is 1.31. The Morgan fingerprint density at radius 2 is 2.11 bits per heavy atom. The maximum Gasteiger partial charge on any atom is 0.121 e. The van der Waals surface area contributed by atoms with Crippen molar-refractivity contribution in [3.63, 3.8) is 0 Å². The van der Waals surface area contributed by atoms with Gasteiger partial charge in [-0.3, -0.25) is 0 Å². The van der Waals surface area contributed by atoms with Crippen LogP contribution in [0.5, 0.6) is 5.75 Å². The summed E-state index contributed by atoms with van der Waals surface area (Å²) in [5.74, 6) is 0.843. The minimum absolute atomic E-state index is 0.324. The quantitative estimate of drug-likeness (QED) is 0.855. The van der Waals surface area contributed by atoms with Gasteiger partial charge in [0.2, 0.25) is 0 Å². The van der Waals surface area contributed by atoms with Crippen LogP contribution in [0, 0.1) is 5.41 Å². The predicted molar refractivity (Wildman–Crippen MR) is 77.7 cm³/mol. The standard InChI is InChI=1S/C15H22ClNO/c1-15(2)9-5-4-6-14(15)17-13-10-11(18-3)7-8-12(13)16/h7-8,10,14,17H,4-6,9H2,1-3H3. The van der Waals surface area contributed by atoms with Gasteiger partial charge >= 0.3 is 0 Å². The van der Waals surface area contributed by atoms with Gasteiger partial charge in [0.05, 0.1) is 17.8 Å². The molecule has 0 bridgehead atoms. The summed E-state index contributed by atoms with van der Waals surface area (Å²) in [7, 11) is 1.68. The number of ether oxygens (including phenoxy) is 1. The number of hydrogen-bond acceptors (Lipinski definition) is 2. The zero-order chi connectivity index (χ0) is 13.2. The molecule has 1 aliphatic rings. The Morgan fingerprint density at radius 1 is 1.33 bits per heavy atom. The third kappa shape index (κ3) is 2.92. The van der Waals surface area contributed by atoms with Crippen molar-refractivity contribution in [3.8, 4) is 5.75 Å². The first kappa shape index (κ1) is 13.5. The maximum absolute atomic E-state index is 6.25. The first-order valence-electron chi connectivity index (χ1n) is 6.63. The molecule has 1 saturated carbocycles. The normalized spacial score (nSPS) is 22.6. The van der Waals surface area contributed by atoms with Gasteiger partial charge < -0.3 is 10.1 Å². The molecule has 1 aromatic rings.